The van der Waals surface area contributed by atoms with Crippen molar-refractivity contribution in [2.45, 2.75) is 12.2 Å². The molecule has 0 saturated heterocycles. The van der Waals surface area contributed by atoms with Gasteiger partial charge in [-0.2, -0.15) is 0 Å². The molecule has 8 aromatic carbocycles. The standard InChI is InChI=1S/C46H34N2O/c47-46(32-9-2-1-3-10-32)48-43(36-23-25-41-40-13-6-7-16-44(40)49-45(41)29-36)26-19-30-17-20-31(21-18-30)37-14-8-15-38-39(37)24-22-35-27-33-11-4-5-12-34(33)28-42(35)38/h1-29,43,46,48H,47H2/b26-19+. The van der Waals surface area contributed by atoms with E-state index in [9.17, 15) is 0 Å². The van der Waals surface area contributed by atoms with Gasteiger partial charge in [-0.05, 0) is 84.4 Å². The highest BCUT2D eigenvalue weighted by molar-refractivity contribution is 6.15. The Morgan fingerprint density at radius 3 is 2.06 bits per heavy atom. The van der Waals surface area contributed by atoms with Crippen molar-refractivity contribution in [1.29, 1.82) is 0 Å². The number of hydrogen-bond donors (Lipinski definition) is 2. The van der Waals surface area contributed by atoms with Crippen LogP contribution >= 0.6 is 0 Å². The Hall–Kier alpha value is -6.00. The lowest BCUT2D eigenvalue weighted by atomic mass is 9.93. The van der Waals surface area contributed by atoms with Gasteiger partial charge in [0, 0.05) is 10.8 Å². The minimum atomic E-state index is -0.343. The number of benzene rings is 8. The Balaban J connectivity index is 1.05. The van der Waals surface area contributed by atoms with Crippen LogP contribution in [0.5, 0.6) is 0 Å². The Kier molecular flexibility index (Phi) is 7.27. The lowest BCUT2D eigenvalue weighted by Crippen LogP contribution is -2.31. The third kappa shape index (κ3) is 5.45. The molecule has 9 rings (SSSR count). The van der Waals surface area contributed by atoms with Crippen molar-refractivity contribution < 1.29 is 4.42 Å². The van der Waals surface area contributed by atoms with Crippen molar-refractivity contribution in [2.75, 3.05) is 0 Å². The van der Waals surface area contributed by atoms with Crippen molar-refractivity contribution in [3.8, 4) is 11.1 Å². The van der Waals surface area contributed by atoms with E-state index in [2.05, 4.69) is 145 Å². The molecule has 9 aromatic rings. The highest BCUT2D eigenvalue weighted by Crippen LogP contribution is 2.36. The van der Waals surface area contributed by atoms with Crippen molar-refractivity contribution >= 4 is 60.3 Å². The highest BCUT2D eigenvalue weighted by atomic mass is 16.3. The van der Waals surface area contributed by atoms with Crippen LogP contribution in [0.3, 0.4) is 0 Å². The van der Waals surface area contributed by atoms with E-state index in [1.165, 1.54) is 43.4 Å². The van der Waals surface area contributed by atoms with Crippen LogP contribution in [0, 0.1) is 0 Å². The van der Waals surface area contributed by atoms with Gasteiger partial charge in [-0.25, -0.2) is 0 Å². The molecule has 1 heterocycles. The molecular formula is C46H34N2O. The van der Waals surface area contributed by atoms with E-state index in [4.69, 9.17) is 10.2 Å². The summed E-state index contributed by atoms with van der Waals surface area (Å²) in [6.07, 6.45) is 4.02. The second kappa shape index (κ2) is 12.2. The molecule has 0 aliphatic heterocycles. The van der Waals surface area contributed by atoms with E-state index >= 15 is 0 Å². The maximum atomic E-state index is 6.70. The summed E-state index contributed by atoms with van der Waals surface area (Å²) in [6, 6.07) is 57.8. The molecule has 0 bridgehead atoms. The van der Waals surface area contributed by atoms with Gasteiger partial charge < -0.3 is 10.2 Å². The van der Waals surface area contributed by atoms with Crippen LogP contribution in [-0.4, -0.2) is 0 Å². The van der Waals surface area contributed by atoms with Crippen LogP contribution in [0.4, 0.5) is 0 Å². The lowest BCUT2D eigenvalue weighted by molar-refractivity contribution is 0.509. The van der Waals surface area contributed by atoms with E-state index in [0.717, 1.165) is 38.6 Å². The molecule has 3 heteroatoms. The number of nitrogens with two attached hydrogens (primary N) is 1. The quantitative estimate of drug-likeness (QED) is 0.105. The van der Waals surface area contributed by atoms with Gasteiger partial charge in [-0.15, -0.1) is 0 Å². The number of hydrogen-bond acceptors (Lipinski definition) is 3. The second-order valence-corrected chi connectivity index (χ2v) is 12.8. The molecule has 3 N–H and O–H groups in total. The molecule has 0 aliphatic carbocycles. The highest BCUT2D eigenvalue weighted by Gasteiger charge is 2.16. The summed E-state index contributed by atoms with van der Waals surface area (Å²) in [6.45, 7) is 0. The first-order valence-electron chi connectivity index (χ1n) is 16.8. The van der Waals surface area contributed by atoms with Crippen molar-refractivity contribution in [3.63, 3.8) is 0 Å². The Labute approximate surface area is 284 Å². The molecule has 0 aliphatic rings. The van der Waals surface area contributed by atoms with Gasteiger partial charge in [0.2, 0.25) is 0 Å². The topological polar surface area (TPSA) is 51.2 Å². The average Bonchev–Trinajstić information content (AvgIpc) is 3.54. The first kappa shape index (κ1) is 29.2. The summed E-state index contributed by atoms with van der Waals surface area (Å²) in [5.74, 6) is 0. The molecule has 0 amide bonds. The maximum Gasteiger partial charge on any atom is 0.135 e. The zero-order chi connectivity index (χ0) is 32.7. The molecule has 49 heavy (non-hydrogen) atoms. The summed E-state index contributed by atoms with van der Waals surface area (Å²) >= 11 is 0. The van der Waals surface area contributed by atoms with E-state index in [1.807, 2.05) is 36.4 Å². The molecule has 0 spiro atoms. The molecule has 0 saturated carbocycles. The predicted molar refractivity (Wildman–Crippen MR) is 206 cm³/mol. The van der Waals surface area contributed by atoms with Crippen LogP contribution in [0.15, 0.2) is 174 Å². The Bertz CT molecular complexity index is 2650. The minimum Gasteiger partial charge on any atom is -0.456 e. The smallest absolute Gasteiger partial charge is 0.135 e. The molecular weight excluding hydrogens is 597 g/mol. The normalized spacial score (nSPS) is 13.2. The minimum absolute atomic E-state index is 0.144. The fraction of sp³-hybridized carbons (Fsp3) is 0.0435. The molecule has 2 atom stereocenters. The van der Waals surface area contributed by atoms with Crippen LogP contribution in [0.25, 0.3) is 71.5 Å². The van der Waals surface area contributed by atoms with Crippen LogP contribution in [0.1, 0.15) is 28.9 Å². The lowest BCUT2D eigenvalue weighted by Gasteiger charge is -2.22. The summed E-state index contributed by atoms with van der Waals surface area (Å²) in [5, 5.41) is 13.5. The van der Waals surface area contributed by atoms with Gasteiger partial charge in [-0.1, -0.05) is 152 Å². The number of para-hydroxylation sites is 1. The molecule has 2 unspecified atom stereocenters. The fourth-order valence-electron chi connectivity index (χ4n) is 7.16. The Morgan fingerprint density at radius 2 is 1.20 bits per heavy atom. The summed E-state index contributed by atoms with van der Waals surface area (Å²) < 4.78 is 6.24. The first-order valence-corrected chi connectivity index (χ1v) is 16.8. The largest absolute Gasteiger partial charge is 0.456 e. The fourth-order valence-corrected chi connectivity index (χ4v) is 7.16. The zero-order valence-corrected chi connectivity index (χ0v) is 26.9. The van der Waals surface area contributed by atoms with E-state index in [1.54, 1.807) is 0 Å². The van der Waals surface area contributed by atoms with Gasteiger partial charge in [0.05, 0.1) is 12.2 Å². The average molecular weight is 631 g/mol. The van der Waals surface area contributed by atoms with Gasteiger partial charge in [0.25, 0.3) is 0 Å². The second-order valence-electron chi connectivity index (χ2n) is 12.8. The van der Waals surface area contributed by atoms with E-state index in [0.29, 0.717) is 0 Å². The molecule has 1 aromatic heterocycles. The van der Waals surface area contributed by atoms with Crippen molar-refractivity contribution in [2.24, 2.45) is 5.73 Å². The number of fused-ring (bicyclic) bond motifs is 7. The van der Waals surface area contributed by atoms with Gasteiger partial charge in [0.15, 0.2) is 0 Å². The predicted octanol–water partition coefficient (Wildman–Crippen LogP) is 11.7. The summed E-state index contributed by atoms with van der Waals surface area (Å²) in [5.41, 5.74) is 14.1. The van der Waals surface area contributed by atoms with E-state index < -0.39 is 0 Å². The van der Waals surface area contributed by atoms with Crippen molar-refractivity contribution in [1.82, 2.24) is 5.32 Å². The van der Waals surface area contributed by atoms with E-state index in [-0.39, 0.29) is 12.2 Å². The van der Waals surface area contributed by atoms with Crippen molar-refractivity contribution in [3.05, 3.63) is 187 Å². The zero-order valence-electron chi connectivity index (χ0n) is 26.9. The third-order valence-corrected chi connectivity index (χ3v) is 9.73. The van der Waals surface area contributed by atoms with Crippen LogP contribution in [-0.2, 0) is 0 Å². The SMILES string of the molecule is NC(NC(/C=C/c1ccc(-c2cccc3c2ccc2cc4ccccc4cc23)cc1)c1ccc2c(c1)oc1ccccc12)c1ccccc1. The number of nitrogens with one attached hydrogen (secondary N) is 1. The molecule has 3 nitrogen and oxygen atoms in total. The molecule has 234 valence electrons. The maximum absolute atomic E-state index is 6.70. The van der Waals surface area contributed by atoms with Gasteiger partial charge in [-0.3, -0.25) is 5.32 Å². The number of rotatable bonds is 7. The molecule has 0 radical (unpaired) electrons. The summed E-state index contributed by atoms with van der Waals surface area (Å²) in [7, 11) is 0. The first-order chi connectivity index (χ1) is 24.2. The van der Waals surface area contributed by atoms with Gasteiger partial charge in [0.1, 0.15) is 11.2 Å². The van der Waals surface area contributed by atoms with Crippen LogP contribution in [0.2, 0.25) is 0 Å². The Morgan fingerprint density at radius 1 is 0.490 bits per heavy atom. The summed E-state index contributed by atoms with van der Waals surface area (Å²) in [4.78, 5) is 0. The number of furan rings is 1. The van der Waals surface area contributed by atoms with Gasteiger partial charge >= 0.3 is 0 Å². The third-order valence-electron chi connectivity index (χ3n) is 9.73. The monoisotopic (exact) mass is 630 g/mol. The molecule has 0 fully saturated rings. The van der Waals surface area contributed by atoms with Crippen LogP contribution < -0.4 is 11.1 Å².